The number of amides is 10. The highest BCUT2D eigenvalue weighted by Gasteiger charge is 2.37. The number of para-hydroxylation sites is 4. The van der Waals surface area contributed by atoms with Gasteiger partial charge in [-0.2, -0.15) is 0 Å². The molecule has 39 N–H and O–H groups in total. The maximum absolute atomic E-state index is 15.7. The van der Waals surface area contributed by atoms with Crippen molar-refractivity contribution in [3.63, 3.8) is 0 Å². The number of aromatic nitrogens is 4. The molecule has 121 heavy (non-hydrogen) atoms. The maximum atomic E-state index is 15.7. The molecule has 0 aliphatic carbocycles. The first kappa shape index (κ1) is 92.5. The summed E-state index contributed by atoms with van der Waals surface area (Å²) < 4.78 is 0. The summed E-state index contributed by atoms with van der Waals surface area (Å²) in [5.41, 5.74) is 51.8. The molecule has 0 saturated carbocycles. The smallest absolute Gasteiger partial charge is 0.243 e. The number of hydrogen-bond donors (Lipinski definition) is 31. The summed E-state index contributed by atoms with van der Waals surface area (Å²) in [7, 11) is 0. The number of fused-ring (bicyclic) bond motifs is 4. The van der Waals surface area contributed by atoms with E-state index in [4.69, 9.17) is 72.9 Å². The minimum absolute atomic E-state index is 0.000984. The predicted octanol–water partition coefficient (Wildman–Crippen LogP) is -2.50. The van der Waals surface area contributed by atoms with E-state index in [9.17, 15) is 24.0 Å². The topological polar surface area (TPSA) is 730 Å². The van der Waals surface area contributed by atoms with Crippen LogP contribution in [0, 0.1) is 27.0 Å². The molecular formula is C80H115N31O10. The van der Waals surface area contributed by atoms with Gasteiger partial charge in [-0.15, -0.1) is 0 Å². The van der Waals surface area contributed by atoms with Crippen molar-refractivity contribution in [1.29, 1.82) is 27.0 Å². The molecule has 4 aromatic heterocycles. The number of carbonyl (C=O) groups is 10. The molecule has 10 amide bonds. The number of primary amides is 1. The van der Waals surface area contributed by atoms with Gasteiger partial charge in [0.15, 0.2) is 29.8 Å². The van der Waals surface area contributed by atoms with Crippen LogP contribution in [0.25, 0.3) is 43.6 Å². The Hall–Kier alpha value is -14.0. The van der Waals surface area contributed by atoms with Gasteiger partial charge in [-0.05, 0) is 143 Å². The quantitative estimate of drug-likeness (QED) is 0.0106. The Kier molecular flexibility index (Phi) is 35.8. The molecule has 0 unspecified atom stereocenters. The van der Waals surface area contributed by atoms with Crippen molar-refractivity contribution in [3.8, 4) is 0 Å². The van der Waals surface area contributed by atoms with Crippen LogP contribution in [0.3, 0.4) is 0 Å². The Morgan fingerprint density at radius 1 is 0.281 bits per heavy atom. The predicted molar refractivity (Wildman–Crippen MR) is 461 cm³/mol. The summed E-state index contributed by atoms with van der Waals surface area (Å²) in [6, 6.07) is 15.3. The molecule has 41 nitrogen and oxygen atoms in total. The maximum Gasteiger partial charge on any atom is 0.243 e. The standard InChI is InChI=1S/C80H115N31O10/c81-30-10-9-24-58(69(115)105-60(27-13-33-96-78(88)89)71(117)107-62(29-15-35-98-80(92)93)72(118)106-61(28-14-34-97-79(90)91)70(116)104-59(26-12-32-95-77(86)87)68(114)103-57(66(83)112)25-11-31-94-76(84)85)108-73(119)64(38-46-42-101-55-22-7-3-18-50(46)55)110-75(121)65(39-47-43-102-56-23-8-4-19-51(47)56)111-74(120)63(37-45-41-100-54-21-6-2-17-49(45)54)109-67(113)52(82)36-44-40-99-53-20-5-1-16-48(44)53/h1-8,16-23,40-43,52,57-65,99-102H,9-15,24-39,81-82H2,(H2,83,112)(H,103,114)(H,104,116)(H,105,115)(H,106,118)(H,107,117)(H,108,119)(H,109,113)(H,110,121)(H,111,120)(H4,84,85,94)(H4,86,87,95)(H4,88,89,96)(H4,90,91,97)(H4,92,93,98)/t52-,57-,58-,59-,60-,61-,62-,63-,64-,65-/m0/s1. The van der Waals surface area contributed by atoms with Crippen LogP contribution >= 0.6 is 0 Å². The van der Waals surface area contributed by atoms with E-state index in [1.54, 1.807) is 30.9 Å². The van der Waals surface area contributed by atoms with E-state index in [0.717, 1.165) is 38.3 Å². The molecule has 0 radical (unpaired) electrons. The van der Waals surface area contributed by atoms with Crippen LogP contribution in [0.2, 0.25) is 0 Å². The van der Waals surface area contributed by atoms with Crippen molar-refractivity contribution >= 4 is 132 Å². The number of H-pyrrole nitrogens is 4. The lowest BCUT2D eigenvalue weighted by atomic mass is 9.99. The molecule has 650 valence electrons. The monoisotopic (exact) mass is 1670 g/mol. The van der Waals surface area contributed by atoms with E-state index in [1.165, 1.54) is 0 Å². The minimum Gasteiger partial charge on any atom is -0.370 e. The summed E-state index contributed by atoms with van der Waals surface area (Å²) in [5, 5.41) is 79.8. The zero-order valence-corrected chi connectivity index (χ0v) is 67.3. The van der Waals surface area contributed by atoms with Crippen molar-refractivity contribution in [3.05, 3.63) is 144 Å². The van der Waals surface area contributed by atoms with Crippen LogP contribution in [-0.4, -0.2) is 208 Å². The van der Waals surface area contributed by atoms with Gasteiger partial charge >= 0.3 is 0 Å². The molecule has 0 aliphatic heterocycles. The molecular weight excluding hydrogens is 1560 g/mol. The largest absolute Gasteiger partial charge is 0.370 e. The summed E-state index contributed by atoms with van der Waals surface area (Å²) in [5.74, 6) is -10.5. The zero-order valence-electron chi connectivity index (χ0n) is 67.3. The van der Waals surface area contributed by atoms with Crippen molar-refractivity contribution in [1.82, 2.24) is 94.4 Å². The first-order valence-electron chi connectivity index (χ1n) is 40.1. The number of benzene rings is 4. The third-order valence-corrected chi connectivity index (χ3v) is 20.3. The fourth-order valence-electron chi connectivity index (χ4n) is 14.0. The van der Waals surface area contributed by atoms with E-state index < -0.39 is 137 Å². The van der Waals surface area contributed by atoms with Gasteiger partial charge < -0.3 is 140 Å². The molecule has 4 aromatic carbocycles. The number of aromatic amines is 4. The fourth-order valence-corrected chi connectivity index (χ4v) is 14.0. The molecule has 41 heteroatoms. The Morgan fingerprint density at radius 3 is 0.752 bits per heavy atom. The van der Waals surface area contributed by atoms with Crippen LogP contribution in [0.1, 0.15) is 106 Å². The molecule has 0 spiro atoms. The Labute approximate surface area is 697 Å². The average Bonchev–Trinajstić information content (AvgIpc) is 1.70. The van der Waals surface area contributed by atoms with Gasteiger partial charge in [0.1, 0.15) is 54.4 Å². The van der Waals surface area contributed by atoms with Crippen LogP contribution in [-0.2, 0) is 73.6 Å². The number of guanidine groups is 5. The Balaban J connectivity index is 1.09. The van der Waals surface area contributed by atoms with Gasteiger partial charge in [0.05, 0.1) is 6.04 Å². The number of hydrogen-bond acceptors (Lipinski definition) is 17. The van der Waals surface area contributed by atoms with Crippen LogP contribution in [0.4, 0.5) is 0 Å². The van der Waals surface area contributed by atoms with E-state index >= 15 is 24.0 Å². The first-order chi connectivity index (χ1) is 58.0. The normalized spacial score (nSPS) is 13.7. The van der Waals surface area contributed by atoms with Crippen LogP contribution < -0.4 is 120 Å². The second-order valence-corrected chi connectivity index (χ2v) is 29.5. The van der Waals surface area contributed by atoms with Gasteiger partial charge in [-0.25, -0.2) is 0 Å². The van der Waals surface area contributed by atoms with Crippen molar-refractivity contribution in [2.75, 3.05) is 39.3 Å². The van der Waals surface area contributed by atoms with E-state index in [1.807, 2.05) is 91.0 Å². The second-order valence-electron chi connectivity index (χ2n) is 29.5. The van der Waals surface area contributed by atoms with Crippen molar-refractivity contribution in [2.45, 2.75) is 170 Å². The molecule has 8 rings (SSSR count). The average molecular weight is 1670 g/mol. The third kappa shape index (κ3) is 29.2. The highest BCUT2D eigenvalue weighted by atomic mass is 16.2. The lowest BCUT2D eigenvalue weighted by Crippen LogP contribution is -2.61. The molecule has 0 aliphatic rings. The minimum atomic E-state index is -1.55. The summed E-state index contributed by atoms with van der Waals surface area (Å²) in [4.78, 5) is 161. The van der Waals surface area contributed by atoms with Gasteiger partial charge in [0, 0.05) is 120 Å². The number of unbranched alkanes of at least 4 members (excludes halogenated alkanes) is 1. The fraction of sp³-hybridized carbons (Fsp3) is 0.412. The second kappa shape index (κ2) is 46.8. The van der Waals surface area contributed by atoms with Crippen LogP contribution in [0.15, 0.2) is 122 Å². The van der Waals surface area contributed by atoms with Gasteiger partial charge in [-0.1, -0.05) is 72.8 Å². The number of carbonyl (C=O) groups excluding carboxylic acids is 10. The van der Waals surface area contributed by atoms with Crippen LogP contribution in [0.5, 0.6) is 0 Å². The van der Waals surface area contributed by atoms with E-state index in [2.05, 4.69) is 94.4 Å². The van der Waals surface area contributed by atoms with Crippen molar-refractivity contribution < 1.29 is 47.9 Å². The summed E-state index contributed by atoms with van der Waals surface area (Å²) in [6.45, 7) is 0.421. The first-order valence-corrected chi connectivity index (χ1v) is 40.1. The number of nitrogens with one attached hydrogen (secondary N) is 23. The zero-order chi connectivity index (χ0) is 87.5. The molecule has 0 fully saturated rings. The molecule has 0 bridgehead atoms. The highest BCUT2D eigenvalue weighted by Crippen LogP contribution is 2.25. The van der Waals surface area contributed by atoms with Gasteiger partial charge in [0.2, 0.25) is 59.1 Å². The van der Waals surface area contributed by atoms with Crippen molar-refractivity contribution in [2.24, 2.45) is 45.9 Å². The van der Waals surface area contributed by atoms with Gasteiger partial charge in [-0.3, -0.25) is 75.0 Å². The molecule has 8 aromatic rings. The third-order valence-electron chi connectivity index (χ3n) is 20.3. The SMILES string of the molecule is N=C(N)NCCC[C@H](NC(=O)[C@H](CCCNC(=N)N)NC(=O)[C@H](CCCNC(=N)N)NC(=O)[C@H](CCCNC(=N)N)NC(=O)[C@H](CCCNC(=N)N)NC(=O)[C@H](CCCCN)NC(=O)[C@H](Cc1c[nH]c2ccccc12)NC(=O)[C@H](Cc1c[nH]c2ccccc12)NC(=O)[C@H](Cc1c[nH]c2ccccc12)NC(=O)[C@@H](N)Cc1c[nH]c2ccccc12)C(N)=O. The summed E-state index contributed by atoms with van der Waals surface area (Å²) >= 11 is 0. The van der Waals surface area contributed by atoms with E-state index in [-0.39, 0.29) is 154 Å². The Morgan fingerprint density at radius 2 is 0.496 bits per heavy atom. The summed E-state index contributed by atoms with van der Waals surface area (Å²) in [6.07, 6.45) is 6.93. The molecule has 4 heterocycles. The lowest BCUT2D eigenvalue weighted by Gasteiger charge is -2.29. The van der Waals surface area contributed by atoms with Gasteiger partial charge in [0.25, 0.3) is 0 Å². The number of nitrogens with two attached hydrogens (primary N) is 8. The Bertz CT molecular complexity index is 4920. The lowest BCUT2D eigenvalue weighted by molar-refractivity contribution is -0.136. The number of rotatable bonds is 51. The molecule has 10 atom stereocenters. The van der Waals surface area contributed by atoms with E-state index in [0.29, 0.717) is 34.0 Å². The highest BCUT2D eigenvalue weighted by molar-refractivity contribution is 6.00. The molecule has 0 saturated heterocycles.